The molecule has 0 fully saturated rings. The molecule has 2 aromatic carbocycles. The maximum Gasteiger partial charge on any atom is 0.270 e. The highest BCUT2D eigenvalue weighted by molar-refractivity contribution is 6.35. The summed E-state index contributed by atoms with van der Waals surface area (Å²) in [7, 11) is 1.39. The van der Waals surface area contributed by atoms with Gasteiger partial charge in [-0.2, -0.15) is 0 Å². The average molecular weight is 292 g/mol. The zero-order valence-corrected chi connectivity index (χ0v) is 11.3. The van der Waals surface area contributed by atoms with Gasteiger partial charge in [0.25, 0.3) is 5.69 Å². The third-order valence-corrected chi connectivity index (χ3v) is 3.09. The number of nitrogens with zero attached hydrogens (tertiary/aromatic N) is 1. The number of hydrogen-bond donors (Lipinski definition) is 0. The Balaban J connectivity index is 2.56. The van der Waals surface area contributed by atoms with Gasteiger partial charge in [-0.25, -0.2) is 0 Å². The molecule has 0 bridgehead atoms. The van der Waals surface area contributed by atoms with Crippen molar-refractivity contribution in [2.24, 2.45) is 0 Å². The van der Waals surface area contributed by atoms with E-state index in [2.05, 4.69) is 0 Å². The van der Waals surface area contributed by atoms with Crippen LogP contribution in [-0.2, 0) is 0 Å². The van der Waals surface area contributed by atoms with Crippen LogP contribution in [0.1, 0.15) is 15.9 Å². The zero-order chi connectivity index (χ0) is 14.7. The molecule has 2 rings (SSSR count). The quantitative estimate of drug-likeness (QED) is 0.491. The Bertz CT molecular complexity index is 685. The van der Waals surface area contributed by atoms with E-state index in [4.69, 9.17) is 16.3 Å². The van der Waals surface area contributed by atoms with E-state index in [1.54, 1.807) is 24.3 Å². The molecule has 102 valence electrons. The Kier molecular flexibility index (Phi) is 4.00. The number of ketones is 1. The molecule has 0 N–H and O–H groups in total. The molecule has 0 unspecified atom stereocenters. The smallest absolute Gasteiger partial charge is 0.270 e. The van der Waals surface area contributed by atoms with Crippen LogP contribution in [-0.4, -0.2) is 17.8 Å². The maximum absolute atomic E-state index is 12.4. The second-order valence-electron chi connectivity index (χ2n) is 3.95. The Hall–Kier alpha value is -2.40. The monoisotopic (exact) mass is 291 g/mol. The lowest BCUT2D eigenvalue weighted by atomic mass is 10.0. The summed E-state index contributed by atoms with van der Waals surface area (Å²) >= 11 is 5.97. The predicted octanol–water partition coefficient (Wildman–Crippen LogP) is 3.49. The lowest BCUT2D eigenvalue weighted by molar-refractivity contribution is -0.384. The van der Waals surface area contributed by atoms with Crippen molar-refractivity contribution in [1.29, 1.82) is 0 Å². The number of nitro benzene ring substituents is 1. The maximum atomic E-state index is 12.4. The van der Waals surface area contributed by atoms with Crippen LogP contribution in [0.4, 0.5) is 5.69 Å². The molecule has 0 radical (unpaired) electrons. The van der Waals surface area contributed by atoms with Crippen molar-refractivity contribution in [3.05, 3.63) is 68.7 Å². The first-order valence-electron chi connectivity index (χ1n) is 5.66. The van der Waals surface area contributed by atoms with Gasteiger partial charge in [-0.05, 0) is 18.2 Å². The number of nitro groups is 1. The van der Waals surface area contributed by atoms with Gasteiger partial charge in [0.2, 0.25) is 0 Å². The van der Waals surface area contributed by atoms with E-state index in [1.807, 2.05) is 0 Å². The lowest BCUT2D eigenvalue weighted by Gasteiger charge is -2.08. The van der Waals surface area contributed by atoms with Crippen molar-refractivity contribution in [3.8, 4) is 5.75 Å². The minimum absolute atomic E-state index is 0.106. The minimum atomic E-state index is -0.567. The highest BCUT2D eigenvalue weighted by atomic mass is 35.5. The second kappa shape index (κ2) is 5.71. The lowest BCUT2D eigenvalue weighted by Crippen LogP contribution is -2.05. The van der Waals surface area contributed by atoms with Crippen LogP contribution >= 0.6 is 11.6 Å². The van der Waals surface area contributed by atoms with Gasteiger partial charge in [0.1, 0.15) is 5.75 Å². The molecule has 0 aliphatic carbocycles. The first-order chi connectivity index (χ1) is 9.54. The van der Waals surface area contributed by atoms with Crippen LogP contribution in [0.5, 0.6) is 5.75 Å². The second-order valence-corrected chi connectivity index (χ2v) is 4.36. The van der Waals surface area contributed by atoms with Gasteiger partial charge in [-0.3, -0.25) is 14.9 Å². The summed E-state index contributed by atoms with van der Waals surface area (Å²) in [5.74, 6) is -0.156. The molecule has 0 amide bonds. The molecule has 0 saturated heterocycles. The molecule has 20 heavy (non-hydrogen) atoms. The van der Waals surface area contributed by atoms with Crippen molar-refractivity contribution in [3.63, 3.8) is 0 Å². The summed E-state index contributed by atoms with van der Waals surface area (Å²) in [4.78, 5) is 22.7. The molecule has 2 aromatic rings. The number of carbonyl (C=O) groups is 1. The van der Waals surface area contributed by atoms with E-state index in [1.165, 1.54) is 25.3 Å². The molecule has 0 saturated carbocycles. The molecule has 0 atom stereocenters. The standard InChI is InChI=1S/C14H10ClNO4/c1-20-13-7-6-9(16(18)19)8-11(13)14(17)10-4-2-3-5-12(10)15/h2-8H,1H3. The Morgan fingerprint density at radius 3 is 2.50 bits per heavy atom. The van der Waals surface area contributed by atoms with Gasteiger partial charge in [0.15, 0.2) is 5.78 Å². The SMILES string of the molecule is COc1ccc([N+](=O)[O-])cc1C(=O)c1ccccc1Cl. The Morgan fingerprint density at radius 2 is 1.90 bits per heavy atom. The van der Waals surface area contributed by atoms with Crippen LogP contribution < -0.4 is 4.74 Å². The first kappa shape index (κ1) is 14.0. The summed E-state index contributed by atoms with van der Waals surface area (Å²) in [6.45, 7) is 0. The summed E-state index contributed by atoms with van der Waals surface area (Å²) in [6.07, 6.45) is 0. The van der Waals surface area contributed by atoms with Gasteiger partial charge in [0.05, 0.1) is 22.6 Å². The molecule has 0 heterocycles. The number of non-ortho nitro benzene ring substituents is 1. The summed E-state index contributed by atoms with van der Waals surface area (Å²) < 4.78 is 5.08. The minimum Gasteiger partial charge on any atom is -0.496 e. The molecular weight excluding hydrogens is 282 g/mol. The summed E-state index contributed by atoms with van der Waals surface area (Å²) in [5.41, 5.74) is 0.198. The van der Waals surface area contributed by atoms with Gasteiger partial charge < -0.3 is 4.74 Å². The van der Waals surface area contributed by atoms with Gasteiger partial charge >= 0.3 is 0 Å². The van der Waals surface area contributed by atoms with E-state index in [0.29, 0.717) is 0 Å². The van der Waals surface area contributed by atoms with E-state index in [0.717, 1.165) is 0 Å². The van der Waals surface area contributed by atoms with E-state index in [-0.39, 0.29) is 27.6 Å². The highest BCUT2D eigenvalue weighted by Gasteiger charge is 2.20. The van der Waals surface area contributed by atoms with Crippen molar-refractivity contribution in [2.75, 3.05) is 7.11 Å². The van der Waals surface area contributed by atoms with Crippen LogP contribution in [0.25, 0.3) is 0 Å². The number of carbonyl (C=O) groups excluding carboxylic acids is 1. The van der Waals surface area contributed by atoms with Crippen LogP contribution in [0.3, 0.4) is 0 Å². The third kappa shape index (κ3) is 2.62. The predicted molar refractivity (Wildman–Crippen MR) is 74.5 cm³/mol. The van der Waals surface area contributed by atoms with Crippen LogP contribution in [0.2, 0.25) is 5.02 Å². The van der Waals surface area contributed by atoms with Crippen LogP contribution in [0, 0.1) is 10.1 Å². The fraction of sp³-hybridized carbons (Fsp3) is 0.0714. The fourth-order valence-electron chi connectivity index (χ4n) is 1.78. The van der Waals surface area contributed by atoms with E-state index < -0.39 is 10.7 Å². The van der Waals surface area contributed by atoms with Crippen molar-refractivity contribution < 1.29 is 14.5 Å². The van der Waals surface area contributed by atoms with Gasteiger partial charge in [-0.1, -0.05) is 23.7 Å². The average Bonchev–Trinajstić information content (AvgIpc) is 2.46. The first-order valence-corrected chi connectivity index (χ1v) is 6.04. The van der Waals surface area contributed by atoms with E-state index >= 15 is 0 Å². The number of hydrogen-bond acceptors (Lipinski definition) is 4. The highest BCUT2D eigenvalue weighted by Crippen LogP contribution is 2.28. The normalized spacial score (nSPS) is 10.1. The number of methoxy groups -OCH3 is 1. The number of ether oxygens (including phenoxy) is 1. The van der Waals surface area contributed by atoms with Crippen molar-refractivity contribution >= 4 is 23.1 Å². The molecule has 0 spiro atoms. The van der Waals surface area contributed by atoms with Crippen LogP contribution in [0.15, 0.2) is 42.5 Å². The molecular formula is C14H10ClNO4. The molecule has 0 aliphatic heterocycles. The number of benzene rings is 2. The largest absolute Gasteiger partial charge is 0.496 e. The summed E-state index contributed by atoms with van der Waals surface area (Å²) in [5, 5.41) is 11.1. The Morgan fingerprint density at radius 1 is 1.20 bits per heavy atom. The van der Waals surface area contributed by atoms with Gasteiger partial charge in [0, 0.05) is 17.7 Å². The van der Waals surface area contributed by atoms with Gasteiger partial charge in [-0.15, -0.1) is 0 Å². The molecule has 6 heteroatoms. The molecule has 0 aliphatic rings. The zero-order valence-electron chi connectivity index (χ0n) is 10.5. The Labute approximate surface area is 119 Å². The fourth-order valence-corrected chi connectivity index (χ4v) is 2.00. The topological polar surface area (TPSA) is 69.4 Å². The van der Waals surface area contributed by atoms with Crippen molar-refractivity contribution in [2.45, 2.75) is 0 Å². The number of rotatable bonds is 4. The summed E-state index contributed by atoms with van der Waals surface area (Å²) in [6, 6.07) is 10.4. The molecule has 5 nitrogen and oxygen atoms in total. The molecule has 0 aromatic heterocycles. The third-order valence-electron chi connectivity index (χ3n) is 2.76. The van der Waals surface area contributed by atoms with Crippen molar-refractivity contribution in [1.82, 2.24) is 0 Å². The number of halogens is 1. The van der Waals surface area contributed by atoms with E-state index in [9.17, 15) is 14.9 Å².